The van der Waals surface area contributed by atoms with Gasteiger partial charge in [-0.1, -0.05) is 34.5 Å². The third-order valence-electron chi connectivity index (χ3n) is 3.53. The second-order valence-electron chi connectivity index (χ2n) is 5.35. The molecule has 0 radical (unpaired) electrons. The fourth-order valence-electron chi connectivity index (χ4n) is 2.21. The number of ether oxygens (including phenoxy) is 1. The van der Waals surface area contributed by atoms with E-state index in [1.807, 2.05) is 13.0 Å². The predicted octanol–water partition coefficient (Wildman–Crippen LogP) is 5.05. The van der Waals surface area contributed by atoms with E-state index in [0.29, 0.717) is 26.5 Å². The van der Waals surface area contributed by atoms with Crippen LogP contribution >= 0.6 is 46.8 Å². The number of thiocarbonyl (C=S) groups is 1. The number of nitrogens with zero attached hydrogens (tertiary/aromatic N) is 1. The van der Waals surface area contributed by atoms with Gasteiger partial charge >= 0.3 is 0 Å². The first-order valence-corrected chi connectivity index (χ1v) is 9.38. The molecule has 5 nitrogen and oxygen atoms in total. The molecule has 1 aromatic heterocycles. The van der Waals surface area contributed by atoms with E-state index in [1.165, 1.54) is 24.5 Å². The van der Waals surface area contributed by atoms with Gasteiger partial charge in [-0.25, -0.2) is 4.98 Å². The number of benzene rings is 2. The topological polar surface area (TPSA) is 63.2 Å². The number of amides is 1. The predicted molar refractivity (Wildman–Crippen MR) is 111 cm³/mol. The molecule has 0 spiro atoms. The molecule has 0 atom stereocenters. The van der Waals surface area contributed by atoms with E-state index in [4.69, 9.17) is 40.2 Å². The van der Waals surface area contributed by atoms with Crippen LogP contribution in [0, 0.1) is 6.92 Å². The van der Waals surface area contributed by atoms with E-state index in [0.717, 1.165) is 15.8 Å². The first-order chi connectivity index (χ1) is 12.4. The Morgan fingerprint density at radius 2 is 2.00 bits per heavy atom. The Hall–Kier alpha value is -1.93. The Balaban J connectivity index is 1.70. The molecule has 2 aromatic carbocycles. The van der Waals surface area contributed by atoms with Crippen molar-refractivity contribution in [3.8, 4) is 5.75 Å². The Morgan fingerprint density at radius 1 is 1.23 bits per heavy atom. The number of carbonyl (C=O) groups excluding carboxylic acids is 1. The highest BCUT2D eigenvalue weighted by Crippen LogP contribution is 2.30. The van der Waals surface area contributed by atoms with Gasteiger partial charge in [0.2, 0.25) is 0 Å². The summed E-state index contributed by atoms with van der Waals surface area (Å²) < 4.78 is 6.04. The molecule has 0 saturated heterocycles. The molecule has 3 aromatic rings. The molecule has 26 heavy (non-hydrogen) atoms. The van der Waals surface area contributed by atoms with E-state index >= 15 is 0 Å². The average molecular weight is 426 g/mol. The molecule has 1 heterocycles. The number of carbonyl (C=O) groups is 1. The van der Waals surface area contributed by atoms with Gasteiger partial charge in [-0.3, -0.25) is 10.1 Å². The SMILES string of the molecule is COc1ccc(C(=O)NC(=S)Nc2nc3cc(Cl)c(C)cc3s2)cc1Cl. The molecule has 0 aliphatic carbocycles. The number of hydrogen-bond acceptors (Lipinski definition) is 5. The lowest BCUT2D eigenvalue weighted by Crippen LogP contribution is -2.34. The Labute approximate surface area is 169 Å². The van der Waals surface area contributed by atoms with Gasteiger partial charge in [-0.2, -0.15) is 0 Å². The van der Waals surface area contributed by atoms with Gasteiger partial charge in [0, 0.05) is 10.6 Å². The van der Waals surface area contributed by atoms with E-state index in [-0.39, 0.29) is 11.0 Å². The van der Waals surface area contributed by atoms with Gasteiger partial charge in [0.25, 0.3) is 5.91 Å². The third kappa shape index (κ3) is 4.07. The number of anilines is 1. The number of aryl methyl sites for hydroxylation is 1. The van der Waals surface area contributed by atoms with Crippen molar-refractivity contribution in [1.29, 1.82) is 0 Å². The van der Waals surface area contributed by atoms with Crippen molar-refractivity contribution in [3.05, 3.63) is 51.5 Å². The zero-order chi connectivity index (χ0) is 18.8. The van der Waals surface area contributed by atoms with Crippen LogP contribution in [0.4, 0.5) is 5.13 Å². The summed E-state index contributed by atoms with van der Waals surface area (Å²) in [7, 11) is 1.51. The number of hydrogen-bond donors (Lipinski definition) is 2. The van der Waals surface area contributed by atoms with E-state index < -0.39 is 0 Å². The summed E-state index contributed by atoms with van der Waals surface area (Å²) >= 11 is 18.8. The molecule has 2 N–H and O–H groups in total. The maximum atomic E-state index is 12.3. The van der Waals surface area contributed by atoms with Crippen molar-refractivity contribution in [1.82, 2.24) is 10.3 Å². The summed E-state index contributed by atoms with van der Waals surface area (Å²) in [5.74, 6) is 0.111. The van der Waals surface area contributed by atoms with Gasteiger partial charge in [0.15, 0.2) is 10.2 Å². The number of fused-ring (bicyclic) bond motifs is 1. The second kappa shape index (κ2) is 7.75. The molecular weight excluding hydrogens is 413 g/mol. The standard InChI is InChI=1S/C17H13Cl2N3O2S2/c1-8-5-14-12(7-10(8)18)20-17(26-14)22-16(25)21-15(23)9-3-4-13(24-2)11(19)6-9/h3-7H,1-2H3,(H2,20,21,22,23,25). The lowest BCUT2D eigenvalue weighted by molar-refractivity contribution is 0.0977. The molecule has 9 heteroatoms. The van der Waals surface area contributed by atoms with Crippen molar-refractivity contribution in [2.24, 2.45) is 0 Å². The number of aromatic nitrogens is 1. The molecule has 0 aliphatic heterocycles. The fourth-order valence-corrected chi connectivity index (χ4v) is 3.83. The highest BCUT2D eigenvalue weighted by molar-refractivity contribution is 7.80. The van der Waals surface area contributed by atoms with Gasteiger partial charge in [0.05, 0.1) is 22.3 Å². The molecular formula is C17H13Cl2N3O2S2. The number of nitrogens with one attached hydrogen (secondary N) is 2. The van der Waals surface area contributed by atoms with Gasteiger partial charge in [0.1, 0.15) is 5.75 Å². The van der Waals surface area contributed by atoms with Crippen LogP contribution in [0.3, 0.4) is 0 Å². The van der Waals surface area contributed by atoms with Crippen molar-refractivity contribution >= 4 is 73.1 Å². The normalized spacial score (nSPS) is 10.6. The van der Waals surface area contributed by atoms with Crippen LogP contribution < -0.4 is 15.4 Å². The largest absolute Gasteiger partial charge is 0.495 e. The molecule has 3 rings (SSSR count). The Kier molecular flexibility index (Phi) is 5.62. The summed E-state index contributed by atoms with van der Waals surface area (Å²) in [6, 6.07) is 8.50. The van der Waals surface area contributed by atoms with Crippen molar-refractivity contribution in [3.63, 3.8) is 0 Å². The van der Waals surface area contributed by atoms with Gasteiger partial charge in [-0.15, -0.1) is 0 Å². The van der Waals surface area contributed by atoms with Crippen LogP contribution in [0.25, 0.3) is 10.2 Å². The number of thiazole rings is 1. The lowest BCUT2D eigenvalue weighted by atomic mass is 10.2. The van der Waals surface area contributed by atoms with E-state index in [9.17, 15) is 4.79 Å². The van der Waals surface area contributed by atoms with Crippen LogP contribution in [0.5, 0.6) is 5.75 Å². The van der Waals surface area contributed by atoms with Crippen LogP contribution in [0.15, 0.2) is 30.3 Å². The summed E-state index contributed by atoms with van der Waals surface area (Å²) in [5, 5.41) is 7.22. The summed E-state index contributed by atoms with van der Waals surface area (Å²) in [6.07, 6.45) is 0. The van der Waals surface area contributed by atoms with Gasteiger partial charge < -0.3 is 10.1 Å². The Bertz CT molecular complexity index is 982. The van der Waals surface area contributed by atoms with Crippen LogP contribution in [0.2, 0.25) is 10.0 Å². The number of halogens is 2. The summed E-state index contributed by atoms with van der Waals surface area (Å²) in [5.41, 5.74) is 2.11. The molecule has 0 unspecified atom stereocenters. The van der Waals surface area contributed by atoms with Crippen molar-refractivity contribution < 1.29 is 9.53 Å². The number of methoxy groups -OCH3 is 1. The molecule has 0 aliphatic rings. The first kappa shape index (κ1) is 18.8. The zero-order valence-electron chi connectivity index (χ0n) is 13.7. The summed E-state index contributed by atoms with van der Waals surface area (Å²) in [6.45, 7) is 1.93. The molecule has 0 bridgehead atoms. The van der Waals surface area contributed by atoms with Crippen LogP contribution in [0.1, 0.15) is 15.9 Å². The molecule has 1 amide bonds. The third-order valence-corrected chi connectivity index (χ3v) is 5.37. The molecule has 0 fully saturated rings. The maximum Gasteiger partial charge on any atom is 0.257 e. The average Bonchev–Trinajstić information content (AvgIpc) is 2.95. The number of rotatable bonds is 3. The smallest absolute Gasteiger partial charge is 0.257 e. The van der Waals surface area contributed by atoms with Crippen LogP contribution in [-0.2, 0) is 0 Å². The highest BCUT2D eigenvalue weighted by atomic mass is 35.5. The monoisotopic (exact) mass is 425 g/mol. The van der Waals surface area contributed by atoms with Crippen LogP contribution in [-0.4, -0.2) is 23.1 Å². The lowest BCUT2D eigenvalue weighted by Gasteiger charge is -2.08. The van der Waals surface area contributed by atoms with Crippen molar-refractivity contribution in [2.75, 3.05) is 12.4 Å². The summed E-state index contributed by atoms with van der Waals surface area (Å²) in [4.78, 5) is 16.7. The minimum atomic E-state index is -0.382. The minimum absolute atomic E-state index is 0.142. The highest BCUT2D eigenvalue weighted by Gasteiger charge is 2.12. The van der Waals surface area contributed by atoms with Gasteiger partial charge in [-0.05, 0) is 55.0 Å². The maximum absolute atomic E-state index is 12.3. The quantitative estimate of drug-likeness (QED) is 0.574. The molecule has 134 valence electrons. The van der Waals surface area contributed by atoms with E-state index in [1.54, 1.807) is 18.2 Å². The minimum Gasteiger partial charge on any atom is -0.495 e. The zero-order valence-corrected chi connectivity index (χ0v) is 16.9. The van der Waals surface area contributed by atoms with Crippen molar-refractivity contribution in [2.45, 2.75) is 6.92 Å². The second-order valence-corrected chi connectivity index (χ2v) is 7.60. The Morgan fingerprint density at radius 3 is 2.69 bits per heavy atom. The fraction of sp³-hybridized carbons (Fsp3) is 0.118. The first-order valence-electron chi connectivity index (χ1n) is 7.40. The molecule has 0 saturated carbocycles. The van der Waals surface area contributed by atoms with E-state index in [2.05, 4.69) is 15.6 Å².